The highest BCUT2D eigenvalue weighted by Crippen LogP contribution is 2.32. The lowest BCUT2D eigenvalue weighted by Gasteiger charge is -2.22. The molecule has 0 radical (unpaired) electrons. The molecular weight excluding hydrogens is 477 g/mol. The fraction of sp³-hybridized carbons (Fsp3) is 0.0800. The standard InChI is InChI=1S/C25H17Cl2N3O2S/c1-32-23-17(12-18(26)14-19(23)27)13-20-24(31)30-22(16-10-6-3-7-11-16)21(28-29-25(30)33-20)15-8-4-2-5-9-15/h2-14,22H,1H3. The number of methoxy groups -OCH3 is 1. The zero-order chi connectivity index (χ0) is 22.9. The van der Waals surface area contributed by atoms with Crippen molar-refractivity contribution >= 4 is 46.3 Å². The fourth-order valence-corrected chi connectivity index (χ4v) is 5.39. The van der Waals surface area contributed by atoms with Crippen molar-refractivity contribution in [3.63, 3.8) is 0 Å². The number of nitrogens with zero attached hydrogens (tertiary/aromatic N) is 3. The molecule has 0 aliphatic carbocycles. The molecule has 33 heavy (non-hydrogen) atoms. The Morgan fingerprint density at radius 3 is 2.39 bits per heavy atom. The molecule has 5 nitrogen and oxygen atoms in total. The minimum atomic E-state index is -0.406. The quantitative estimate of drug-likeness (QED) is 0.414. The number of hydrogen-bond donors (Lipinski definition) is 0. The first kappa shape index (κ1) is 21.6. The minimum absolute atomic E-state index is 0.172. The topological polar surface area (TPSA) is 56.0 Å². The van der Waals surface area contributed by atoms with Crippen LogP contribution in [0, 0.1) is 0 Å². The van der Waals surface area contributed by atoms with Crippen molar-refractivity contribution < 1.29 is 4.74 Å². The van der Waals surface area contributed by atoms with Gasteiger partial charge in [0.15, 0.2) is 0 Å². The van der Waals surface area contributed by atoms with Crippen molar-refractivity contribution in [3.05, 3.63) is 119 Å². The zero-order valence-corrected chi connectivity index (χ0v) is 19.7. The van der Waals surface area contributed by atoms with Crippen LogP contribution in [0.4, 0.5) is 0 Å². The maximum atomic E-state index is 13.7. The van der Waals surface area contributed by atoms with E-state index in [0.717, 1.165) is 11.1 Å². The van der Waals surface area contributed by atoms with Gasteiger partial charge in [-0.2, -0.15) is 0 Å². The first-order chi connectivity index (χ1) is 16.1. The highest BCUT2D eigenvalue weighted by Gasteiger charge is 2.28. The second kappa shape index (κ2) is 8.98. The van der Waals surface area contributed by atoms with Gasteiger partial charge in [0.25, 0.3) is 5.56 Å². The molecule has 1 unspecified atom stereocenters. The molecule has 1 aromatic heterocycles. The fourth-order valence-electron chi connectivity index (χ4n) is 3.87. The molecule has 0 saturated carbocycles. The molecule has 0 N–H and O–H groups in total. The van der Waals surface area contributed by atoms with Crippen LogP contribution >= 0.6 is 34.5 Å². The molecule has 0 bridgehead atoms. The number of rotatable bonds is 4. The van der Waals surface area contributed by atoms with Crippen LogP contribution in [0.15, 0.2) is 87.8 Å². The second-order valence-electron chi connectivity index (χ2n) is 7.34. The normalized spacial score (nSPS) is 15.5. The van der Waals surface area contributed by atoms with Gasteiger partial charge in [-0.15, -0.1) is 10.2 Å². The molecule has 1 atom stereocenters. The molecule has 1 aliphatic rings. The third-order valence-corrected chi connectivity index (χ3v) is 6.78. The van der Waals surface area contributed by atoms with E-state index in [1.54, 1.807) is 22.8 Å². The Morgan fingerprint density at radius 2 is 1.70 bits per heavy atom. The lowest BCUT2D eigenvalue weighted by Crippen LogP contribution is -2.40. The van der Waals surface area contributed by atoms with Gasteiger partial charge in [0.2, 0.25) is 4.80 Å². The Bertz CT molecular complexity index is 1540. The summed E-state index contributed by atoms with van der Waals surface area (Å²) in [6.07, 6.45) is 1.73. The molecule has 1 aliphatic heterocycles. The van der Waals surface area contributed by atoms with Crippen molar-refractivity contribution in [1.82, 2.24) is 4.57 Å². The first-order valence-electron chi connectivity index (χ1n) is 10.1. The van der Waals surface area contributed by atoms with Crippen LogP contribution in [0.5, 0.6) is 5.75 Å². The third-order valence-electron chi connectivity index (χ3n) is 5.31. The van der Waals surface area contributed by atoms with E-state index in [2.05, 4.69) is 10.2 Å². The number of benzene rings is 3. The lowest BCUT2D eigenvalue weighted by molar-refractivity contribution is 0.414. The molecule has 8 heteroatoms. The van der Waals surface area contributed by atoms with Gasteiger partial charge in [0.1, 0.15) is 11.8 Å². The van der Waals surface area contributed by atoms with E-state index < -0.39 is 6.04 Å². The molecule has 3 aromatic carbocycles. The van der Waals surface area contributed by atoms with E-state index in [9.17, 15) is 4.79 Å². The predicted molar refractivity (Wildman–Crippen MR) is 134 cm³/mol. The van der Waals surface area contributed by atoms with Crippen LogP contribution in [0.1, 0.15) is 22.7 Å². The van der Waals surface area contributed by atoms with Crippen LogP contribution in [-0.4, -0.2) is 17.4 Å². The highest BCUT2D eigenvalue weighted by molar-refractivity contribution is 7.07. The molecule has 0 saturated heterocycles. The Kier molecular flexibility index (Phi) is 5.89. The lowest BCUT2D eigenvalue weighted by atomic mass is 9.96. The average molecular weight is 494 g/mol. The summed E-state index contributed by atoms with van der Waals surface area (Å²) in [6, 6.07) is 22.5. The Labute approximate surface area is 203 Å². The number of thiazole rings is 1. The van der Waals surface area contributed by atoms with E-state index in [1.807, 2.05) is 60.7 Å². The van der Waals surface area contributed by atoms with Crippen molar-refractivity contribution in [1.29, 1.82) is 0 Å². The SMILES string of the molecule is COc1c(Cl)cc(Cl)cc1C=c1sc2n(c1=O)C(c1ccccc1)C(c1ccccc1)=NN=2. The number of fused-ring (bicyclic) bond motifs is 1. The van der Waals surface area contributed by atoms with Gasteiger partial charge in [-0.05, 0) is 23.8 Å². The van der Waals surface area contributed by atoms with Gasteiger partial charge in [0.05, 0.1) is 22.4 Å². The molecule has 164 valence electrons. The van der Waals surface area contributed by atoms with Crippen molar-refractivity contribution in [2.75, 3.05) is 7.11 Å². The smallest absolute Gasteiger partial charge is 0.271 e. The van der Waals surface area contributed by atoms with Gasteiger partial charge < -0.3 is 4.74 Å². The summed E-state index contributed by atoms with van der Waals surface area (Å²) in [4.78, 5) is 14.2. The summed E-state index contributed by atoms with van der Waals surface area (Å²) in [7, 11) is 1.53. The van der Waals surface area contributed by atoms with Crippen LogP contribution in [-0.2, 0) is 0 Å². The molecule has 4 aromatic rings. The maximum Gasteiger partial charge on any atom is 0.271 e. The molecule has 2 heterocycles. The summed E-state index contributed by atoms with van der Waals surface area (Å²) < 4.78 is 7.61. The van der Waals surface area contributed by atoms with E-state index in [0.29, 0.717) is 36.4 Å². The summed E-state index contributed by atoms with van der Waals surface area (Å²) in [5, 5.41) is 9.76. The van der Waals surface area contributed by atoms with Gasteiger partial charge in [-0.25, -0.2) is 0 Å². The second-order valence-corrected chi connectivity index (χ2v) is 9.20. The van der Waals surface area contributed by atoms with Crippen LogP contribution in [0.3, 0.4) is 0 Å². The molecule has 0 fully saturated rings. The summed E-state index contributed by atoms with van der Waals surface area (Å²) >= 11 is 13.7. The van der Waals surface area contributed by atoms with Gasteiger partial charge >= 0.3 is 0 Å². The van der Waals surface area contributed by atoms with E-state index >= 15 is 0 Å². The third kappa shape index (κ3) is 4.02. The van der Waals surface area contributed by atoms with Crippen LogP contribution < -0.4 is 19.6 Å². The largest absolute Gasteiger partial charge is 0.495 e. The molecule has 0 spiro atoms. The molecule has 0 amide bonds. The zero-order valence-electron chi connectivity index (χ0n) is 17.4. The van der Waals surface area contributed by atoms with Gasteiger partial charge in [-0.3, -0.25) is 9.36 Å². The van der Waals surface area contributed by atoms with Crippen LogP contribution in [0.25, 0.3) is 6.08 Å². The van der Waals surface area contributed by atoms with Crippen molar-refractivity contribution in [2.24, 2.45) is 10.2 Å². The Morgan fingerprint density at radius 1 is 1.00 bits per heavy atom. The number of ether oxygens (including phenoxy) is 1. The average Bonchev–Trinajstić information content (AvgIpc) is 3.14. The maximum absolute atomic E-state index is 13.7. The summed E-state index contributed by atoms with van der Waals surface area (Å²) in [5.74, 6) is 0.453. The van der Waals surface area contributed by atoms with Crippen LogP contribution in [0.2, 0.25) is 10.0 Å². The first-order valence-corrected chi connectivity index (χ1v) is 11.7. The number of halogens is 2. The van der Waals surface area contributed by atoms with Crippen molar-refractivity contribution in [2.45, 2.75) is 6.04 Å². The highest BCUT2D eigenvalue weighted by atomic mass is 35.5. The van der Waals surface area contributed by atoms with Gasteiger partial charge in [0, 0.05) is 16.1 Å². The molecule has 5 rings (SSSR count). The summed E-state index contributed by atoms with van der Waals surface area (Å²) in [6.45, 7) is 0. The number of aromatic nitrogens is 1. The minimum Gasteiger partial charge on any atom is -0.495 e. The van der Waals surface area contributed by atoms with E-state index in [-0.39, 0.29) is 5.56 Å². The number of hydrogen-bond acceptors (Lipinski definition) is 5. The Hall–Kier alpha value is -3.19. The monoisotopic (exact) mass is 493 g/mol. The van der Waals surface area contributed by atoms with Gasteiger partial charge in [-0.1, -0.05) is 95.2 Å². The molecular formula is C25H17Cl2N3O2S. The predicted octanol–water partition coefficient (Wildman–Crippen LogP) is 4.68. The van der Waals surface area contributed by atoms with Crippen molar-refractivity contribution in [3.8, 4) is 5.75 Å². The van der Waals surface area contributed by atoms with E-state index in [1.165, 1.54) is 18.4 Å². The van der Waals surface area contributed by atoms with E-state index in [4.69, 9.17) is 27.9 Å². The Balaban J connectivity index is 1.74. The summed E-state index contributed by atoms with van der Waals surface area (Å²) in [5.41, 5.74) is 3.02.